The molecule has 2 heterocycles. The van der Waals surface area contributed by atoms with E-state index in [1.807, 2.05) is 66.7 Å². The number of hydrogen-bond acceptors (Lipinski definition) is 6. The van der Waals surface area contributed by atoms with Gasteiger partial charge in [0.05, 0.1) is 19.4 Å². The Morgan fingerprint density at radius 3 is 2.50 bits per heavy atom. The van der Waals surface area contributed by atoms with E-state index in [2.05, 4.69) is 20.4 Å². The molecule has 5 rings (SSSR count). The number of benzene rings is 2. The molecule has 0 unspecified atom stereocenters. The van der Waals surface area contributed by atoms with Gasteiger partial charge in [-0.3, -0.25) is 9.69 Å². The number of carbonyl (C=O) groups is 1. The number of carbonyl (C=O) groups excluding carboxylic acids is 1. The highest BCUT2D eigenvalue weighted by atomic mass is 16.5. The third-order valence-electron chi connectivity index (χ3n) is 5.35. The van der Waals surface area contributed by atoms with Gasteiger partial charge in [-0.2, -0.15) is 4.98 Å². The van der Waals surface area contributed by atoms with Gasteiger partial charge in [0.1, 0.15) is 5.76 Å². The van der Waals surface area contributed by atoms with Crippen LogP contribution in [0.3, 0.4) is 0 Å². The molecule has 7 heteroatoms. The molecule has 0 atom stereocenters. The van der Waals surface area contributed by atoms with Gasteiger partial charge in [0.2, 0.25) is 11.7 Å². The fourth-order valence-corrected chi connectivity index (χ4v) is 3.52. The van der Waals surface area contributed by atoms with Crippen LogP contribution in [-0.4, -0.2) is 27.0 Å². The van der Waals surface area contributed by atoms with E-state index in [1.165, 1.54) is 0 Å². The first-order valence-corrected chi connectivity index (χ1v) is 10.8. The molecule has 2 aromatic carbocycles. The maximum Gasteiger partial charge on any atom is 0.251 e. The molecular weight excluding hydrogens is 404 g/mol. The summed E-state index contributed by atoms with van der Waals surface area (Å²) in [5.74, 6) is 1.96. The molecule has 4 aromatic rings. The van der Waals surface area contributed by atoms with Gasteiger partial charge in [-0.25, -0.2) is 0 Å². The van der Waals surface area contributed by atoms with E-state index in [1.54, 1.807) is 6.26 Å². The first kappa shape index (κ1) is 20.2. The van der Waals surface area contributed by atoms with Crippen molar-refractivity contribution >= 4 is 5.91 Å². The molecule has 0 saturated heterocycles. The average molecular weight is 428 g/mol. The molecule has 1 amide bonds. The van der Waals surface area contributed by atoms with Crippen molar-refractivity contribution in [3.63, 3.8) is 0 Å². The Labute approximate surface area is 186 Å². The number of hydrogen-bond donors (Lipinski definition) is 1. The van der Waals surface area contributed by atoms with E-state index in [9.17, 15) is 4.79 Å². The lowest BCUT2D eigenvalue weighted by Crippen LogP contribution is -2.25. The van der Waals surface area contributed by atoms with E-state index in [4.69, 9.17) is 8.94 Å². The van der Waals surface area contributed by atoms with Crippen molar-refractivity contribution in [3.8, 4) is 11.4 Å². The van der Waals surface area contributed by atoms with Crippen molar-refractivity contribution in [3.05, 3.63) is 95.8 Å². The summed E-state index contributed by atoms with van der Waals surface area (Å²) in [6.07, 6.45) is 3.82. The van der Waals surface area contributed by atoms with Gasteiger partial charge in [-0.05, 0) is 42.7 Å². The Morgan fingerprint density at radius 1 is 0.969 bits per heavy atom. The van der Waals surface area contributed by atoms with Crippen molar-refractivity contribution in [2.45, 2.75) is 38.5 Å². The minimum atomic E-state index is -0.00853. The lowest BCUT2D eigenvalue weighted by atomic mass is 10.1. The number of nitrogens with zero attached hydrogens (tertiary/aromatic N) is 3. The fourth-order valence-electron chi connectivity index (χ4n) is 3.52. The summed E-state index contributed by atoms with van der Waals surface area (Å²) in [6, 6.07) is 21.6. The van der Waals surface area contributed by atoms with Crippen LogP contribution in [0.25, 0.3) is 11.4 Å². The summed E-state index contributed by atoms with van der Waals surface area (Å²) in [5, 5.41) is 7.14. The van der Waals surface area contributed by atoms with Gasteiger partial charge < -0.3 is 14.3 Å². The Kier molecular flexibility index (Phi) is 5.81. The minimum Gasteiger partial charge on any atom is -0.468 e. The molecule has 1 saturated carbocycles. The SMILES string of the molecule is O=C(NC1CC1)c1ccc(CN(Cc2ccco2)Cc2nc(-c3ccccc3)no2)cc1. The third-order valence-corrected chi connectivity index (χ3v) is 5.35. The molecule has 0 aliphatic heterocycles. The molecule has 1 N–H and O–H groups in total. The van der Waals surface area contributed by atoms with Crippen LogP contribution in [0.1, 0.15) is 40.4 Å². The first-order valence-electron chi connectivity index (χ1n) is 10.8. The van der Waals surface area contributed by atoms with E-state index in [-0.39, 0.29) is 5.91 Å². The summed E-state index contributed by atoms with van der Waals surface area (Å²) in [7, 11) is 0. The van der Waals surface area contributed by atoms with Crippen molar-refractivity contribution < 1.29 is 13.7 Å². The fraction of sp³-hybridized carbons (Fsp3) is 0.240. The second-order valence-electron chi connectivity index (χ2n) is 8.05. The zero-order valence-corrected chi connectivity index (χ0v) is 17.6. The van der Waals surface area contributed by atoms with Gasteiger partial charge in [0, 0.05) is 23.7 Å². The molecule has 2 aromatic heterocycles. The van der Waals surface area contributed by atoms with Crippen LogP contribution in [0.5, 0.6) is 0 Å². The zero-order valence-electron chi connectivity index (χ0n) is 17.6. The second kappa shape index (κ2) is 9.20. The maximum atomic E-state index is 12.2. The molecule has 1 aliphatic carbocycles. The van der Waals surface area contributed by atoms with Crippen LogP contribution in [0.15, 0.2) is 81.9 Å². The first-order chi connectivity index (χ1) is 15.7. The topological polar surface area (TPSA) is 84.4 Å². The second-order valence-corrected chi connectivity index (χ2v) is 8.05. The predicted octanol–water partition coefficient (Wildman–Crippen LogP) is 4.42. The van der Waals surface area contributed by atoms with E-state index in [0.717, 1.165) is 29.7 Å². The largest absolute Gasteiger partial charge is 0.468 e. The van der Waals surface area contributed by atoms with E-state index < -0.39 is 0 Å². The molecule has 7 nitrogen and oxygen atoms in total. The molecule has 0 radical (unpaired) electrons. The highest BCUT2D eigenvalue weighted by Crippen LogP contribution is 2.20. The molecule has 0 bridgehead atoms. The van der Waals surface area contributed by atoms with Gasteiger partial charge >= 0.3 is 0 Å². The summed E-state index contributed by atoms with van der Waals surface area (Å²) in [5.41, 5.74) is 2.69. The van der Waals surface area contributed by atoms with Crippen molar-refractivity contribution in [1.29, 1.82) is 0 Å². The van der Waals surface area contributed by atoms with Crippen LogP contribution in [0.4, 0.5) is 0 Å². The maximum absolute atomic E-state index is 12.2. The third kappa shape index (κ3) is 5.12. The minimum absolute atomic E-state index is 0.00853. The lowest BCUT2D eigenvalue weighted by Gasteiger charge is -2.19. The number of furan rings is 1. The van der Waals surface area contributed by atoms with Gasteiger partial charge in [-0.1, -0.05) is 47.6 Å². The Hall–Kier alpha value is -3.71. The predicted molar refractivity (Wildman–Crippen MR) is 118 cm³/mol. The lowest BCUT2D eigenvalue weighted by molar-refractivity contribution is 0.0951. The molecule has 1 fully saturated rings. The summed E-state index contributed by atoms with van der Waals surface area (Å²) >= 11 is 0. The molecular formula is C25H24N4O3. The van der Waals surface area contributed by atoms with Crippen LogP contribution in [-0.2, 0) is 19.6 Å². The number of amides is 1. The number of aromatic nitrogens is 2. The molecule has 0 spiro atoms. The van der Waals surface area contributed by atoms with Crippen LogP contribution in [0.2, 0.25) is 0 Å². The summed E-state index contributed by atoms with van der Waals surface area (Å²) in [4.78, 5) is 19.0. The Balaban J connectivity index is 1.29. The zero-order chi connectivity index (χ0) is 21.8. The Bertz CT molecular complexity index is 1150. The average Bonchev–Trinajstić information content (AvgIpc) is 3.27. The van der Waals surface area contributed by atoms with Crippen molar-refractivity contribution in [2.24, 2.45) is 0 Å². The number of rotatable bonds is 9. The normalized spacial score (nSPS) is 13.4. The Morgan fingerprint density at radius 2 is 1.78 bits per heavy atom. The van der Waals surface area contributed by atoms with Crippen LogP contribution < -0.4 is 5.32 Å². The monoisotopic (exact) mass is 428 g/mol. The van der Waals surface area contributed by atoms with Crippen molar-refractivity contribution in [1.82, 2.24) is 20.4 Å². The van der Waals surface area contributed by atoms with E-state index in [0.29, 0.717) is 43.0 Å². The molecule has 32 heavy (non-hydrogen) atoms. The molecule has 1 aliphatic rings. The smallest absolute Gasteiger partial charge is 0.251 e. The van der Waals surface area contributed by atoms with Crippen molar-refractivity contribution in [2.75, 3.05) is 0 Å². The standard InChI is InChI=1S/C25H24N4O3/c30-25(26-21-12-13-21)20-10-8-18(9-11-20)15-29(16-22-7-4-14-31-22)17-23-27-24(28-32-23)19-5-2-1-3-6-19/h1-11,14,21H,12-13,15-17H2,(H,26,30). The van der Waals surface area contributed by atoms with Crippen LogP contribution >= 0.6 is 0 Å². The summed E-state index contributed by atoms with van der Waals surface area (Å²) in [6.45, 7) is 1.72. The summed E-state index contributed by atoms with van der Waals surface area (Å²) < 4.78 is 11.1. The van der Waals surface area contributed by atoms with Gasteiger partial charge in [-0.15, -0.1) is 0 Å². The van der Waals surface area contributed by atoms with Gasteiger partial charge in [0.15, 0.2) is 0 Å². The quantitative estimate of drug-likeness (QED) is 0.425. The highest BCUT2D eigenvalue weighted by Gasteiger charge is 2.23. The number of nitrogens with one attached hydrogen (secondary N) is 1. The highest BCUT2D eigenvalue weighted by molar-refractivity contribution is 5.94. The van der Waals surface area contributed by atoms with E-state index >= 15 is 0 Å². The van der Waals surface area contributed by atoms with Gasteiger partial charge in [0.25, 0.3) is 5.91 Å². The van der Waals surface area contributed by atoms with Crippen LogP contribution in [0, 0.1) is 0 Å². The molecule has 162 valence electrons.